The number of nitrogens with one attached hydrogen (secondary N) is 1. The fraction of sp³-hybridized carbons (Fsp3) is 0.348. The molecule has 5 heterocycles. The van der Waals surface area contributed by atoms with E-state index in [-0.39, 0.29) is 5.54 Å². The van der Waals surface area contributed by atoms with Crippen molar-refractivity contribution in [3.8, 4) is 28.7 Å². The van der Waals surface area contributed by atoms with E-state index in [1.807, 2.05) is 42.2 Å². The molecule has 1 aliphatic rings. The minimum Gasteiger partial charge on any atom is -0.456 e. The molecule has 1 saturated heterocycles. The van der Waals surface area contributed by atoms with Gasteiger partial charge < -0.3 is 14.6 Å². The van der Waals surface area contributed by atoms with Gasteiger partial charge >= 0.3 is 12.1 Å². The quantitative estimate of drug-likeness (QED) is 0.419. The highest BCUT2D eigenvalue weighted by Crippen LogP contribution is 2.30. The molecular weight excluding hydrogens is 477 g/mol. The SMILES string of the molecule is CC(=O)OCC(F)(F)F.Cn1cc(-c2cc3nccn3c(-c3ccn(C4(CC#N)CNC4)c3)n2)cn1. The number of esters is 1. The summed E-state index contributed by atoms with van der Waals surface area (Å²) in [7, 11) is 1.89. The third-order valence-electron chi connectivity index (χ3n) is 5.64. The van der Waals surface area contributed by atoms with Crippen molar-refractivity contribution in [3.05, 3.63) is 49.3 Å². The van der Waals surface area contributed by atoms with Crippen LogP contribution in [0.1, 0.15) is 13.3 Å². The first-order valence-electron chi connectivity index (χ1n) is 10.9. The molecule has 0 atom stereocenters. The highest BCUT2D eigenvalue weighted by Gasteiger charge is 2.38. The zero-order valence-corrected chi connectivity index (χ0v) is 19.5. The van der Waals surface area contributed by atoms with Crippen LogP contribution in [0.15, 0.2) is 49.3 Å². The highest BCUT2D eigenvalue weighted by molar-refractivity contribution is 5.68. The molecule has 0 bridgehead atoms. The second-order valence-electron chi connectivity index (χ2n) is 8.39. The lowest BCUT2D eigenvalue weighted by Crippen LogP contribution is -2.60. The van der Waals surface area contributed by atoms with Crippen molar-refractivity contribution in [1.29, 1.82) is 5.26 Å². The first-order chi connectivity index (χ1) is 17.1. The van der Waals surface area contributed by atoms with Gasteiger partial charge in [-0.15, -0.1) is 0 Å². The summed E-state index contributed by atoms with van der Waals surface area (Å²) in [5, 5.41) is 16.7. The maximum atomic E-state index is 11.1. The van der Waals surface area contributed by atoms with Crippen molar-refractivity contribution in [2.45, 2.75) is 25.1 Å². The standard InChI is InChI=1S/C19H18N8.C4H5F3O2/c1-25-10-15(9-23-25)16-8-17-22-5-7-27(17)18(24-16)14-2-6-26(11-14)19(3-4-20)12-21-13-19;1-3(8)9-2-4(5,6)7/h2,5-11,21H,3,12-13H2,1H3;2H2,1H3. The van der Waals surface area contributed by atoms with Crippen molar-refractivity contribution < 1.29 is 22.7 Å². The maximum absolute atomic E-state index is 11.1. The lowest BCUT2D eigenvalue weighted by molar-refractivity contribution is -0.184. The second kappa shape index (κ2) is 9.82. The van der Waals surface area contributed by atoms with Gasteiger partial charge in [-0.2, -0.15) is 23.5 Å². The highest BCUT2D eigenvalue weighted by atomic mass is 19.4. The predicted octanol–water partition coefficient (Wildman–Crippen LogP) is 2.92. The lowest BCUT2D eigenvalue weighted by atomic mass is 9.89. The molecular formula is C23H23F3N8O2. The summed E-state index contributed by atoms with van der Waals surface area (Å²) >= 11 is 0. The van der Waals surface area contributed by atoms with Gasteiger partial charge in [0.2, 0.25) is 0 Å². The average Bonchev–Trinajstić information content (AvgIpc) is 3.55. The van der Waals surface area contributed by atoms with Crippen LogP contribution in [0.5, 0.6) is 0 Å². The molecule has 0 unspecified atom stereocenters. The Morgan fingerprint density at radius 1 is 1.28 bits per heavy atom. The molecule has 1 aliphatic heterocycles. The first kappa shape index (κ1) is 24.9. The van der Waals surface area contributed by atoms with Gasteiger partial charge in [0.05, 0.1) is 29.9 Å². The van der Waals surface area contributed by atoms with Gasteiger partial charge in [-0.1, -0.05) is 0 Å². The van der Waals surface area contributed by atoms with Gasteiger partial charge in [0.1, 0.15) is 11.5 Å². The summed E-state index contributed by atoms with van der Waals surface area (Å²) in [6.45, 7) is 1.03. The third-order valence-corrected chi connectivity index (χ3v) is 5.64. The van der Waals surface area contributed by atoms with E-state index in [9.17, 15) is 23.2 Å². The lowest BCUT2D eigenvalue weighted by Gasteiger charge is -2.42. The van der Waals surface area contributed by atoms with Crippen LogP contribution in [-0.4, -0.2) is 60.6 Å². The Morgan fingerprint density at radius 3 is 2.61 bits per heavy atom. The number of aryl methyl sites for hydroxylation is 1. The molecule has 5 rings (SSSR count). The molecule has 0 radical (unpaired) electrons. The van der Waals surface area contributed by atoms with Gasteiger partial charge in [0.15, 0.2) is 6.61 Å². The number of ether oxygens (including phenoxy) is 1. The Balaban J connectivity index is 0.000000292. The molecule has 1 N–H and O–H groups in total. The zero-order chi connectivity index (χ0) is 25.9. The Labute approximate surface area is 203 Å². The fourth-order valence-corrected chi connectivity index (χ4v) is 3.80. The van der Waals surface area contributed by atoms with Crippen LogP contribution in [0.25, 0.3) is 28.3 Å². The van der Waals surface area contributed by atoms with Crippen molar-refractivity contribution in [1.82, 2.24) is 34.0 Å². The van der Waals surface area contributed by atoms with Gasteiger partial charge in [0, 0.05) is 75.2 Å². The number of halogens is 3. The van der Waals surface area contributed by atoms with Crippen LogP contribution in [0.4, 0.5) is 13.2 Å². The molecule has 188 valence electrons. The van der Waals surface area contributed by atoms with Crippen molar-refractivity contribution in [2.75, 3.05) is 19.7 Å². The fourth-order valence-electron chi connectivity index (χ4n) is 3.80. The van der Waals surface area contributed by atoms with Crippen molar-refractivity contribution in [3.63, 3.8) is 0 Å². The Bertz CT molecular complexity index is 1410. The molecule has 0 aromatic carbocycles. The van der Waals surface area contributed by atoms with E-state index in [1.54, 1.807) is 17.1 Å². The van der Waals surface area contributed by atoms with Gasteiger partial charge in [-0.25, -0.2) is 9.97 Å². The minimum atomic E-state index is -4.41. The molecule has 0 saturated carbocycles. The number of carbonyl (C=O) groups excluding carboxylic acids is 1. The van der Waals surface area contributed by atoms with E-state index < -0.39 is 18.8 Å². The van der Waals surface area contributed by atoms with Crippen LogP contribution in [0, 0.1) is 11.3 Å². The normalized spacial score (nSPS) is 14.4. The summed E-state index contributed by atoms with van der Waals surface area (Å²) in [5.41, 5.74) is 3.45. The summed E-state index contributed by atoms with van der Waals surface area (Å²) in [5.74, 6) is -0.102. The Kier molecular flexibility index (Phi) is 6.80. The molecule has 0 spiro atoms. The number of imidazole rings is 1. The third kappa shape index (κ3) is 5.38. The molecule has 36 heavy (non-hydrogen) atoms. The smallest absolute Gasteiger partial charge is 0.422 e. The van der Waals surface area contributed by atoms with Crippen molar-refractivity contribution >= 4 is 11.6 Å². The number of hydrogen-bond donors (Lipinski definition) is 1. The molecule has 4 aromatic rings. The number of rotatable bonds is 5. The average molecular weight is 500 g/mol. The van der Waals surface area contributed by atoms with Crippen LogP contribution in [0.3, 0.4) is 0 Å². The molecule has 1 fully saturated rings. The number of fused-ring (bicyclic) bond motifs is 1. The number of hydrogen-bond acceptors (Lipinski definition) is 7. The van der Waals surface area contributed by atoms with E-state index in [4.69, 9.17) is 4.98 Å². The number of nitrogens with zero attached hydrogens (tertiary/aromatic N) is 7. The summed E-state index contributed by atoms with van der Waals surface area (Å²) in [6, 6.07) is 6.33. The molecule has 13 heteroatoms. The monoisotopic (exact) mass is 500 g/mol. The second-order valence-corrected chi connectivity index (χ2v) is 8.39. The first-order valence-corrected chi connectivity index (χ1v) is 10.9. The van der Waals surface area contributed by atoms with Gasteiger partial charge in [0.25, 0.3) is 0 Å². The van der Waals surface area contributed by atoms with Crippen LogP contribution in [-0.2, 0) is 22.1 Å². The van der Waals surface area contributed by atoms with Gasteiger partial charge in [-0.05, 0) is 6.07 Å². The summed E-state index contributed by atoms with van der Waals surface area (Å²) < 4.78 is 42.9. The molecule has 4 aromatic heterocycles. The maximum Gasteiger partial charge on any atom is 0.422 e. The van der Waals surface area contributed by atoms with E-state index in [0.29, 0.717) is 6.42 Å². The number of alkyl halides is 3. The van der Waals surface area contributed by atoms with E-state index >= 15 is 0 Å². The Hall–Kier alpha value is -4.18. The largest absolute Gasteiger partial charge is 0.456 e. The van der Waals surface area contributed by atoms with Gasteiger partial charge in [-0.3, -0.25) is 13.9 Å². The summed E-state index contributed by atoms with van der Waals surface area (Å²) in [6.07, 6.45) is 7.62. The van der Waals surface area contributed by atoms with E-state index in [1.165, 1.54) is 0 Å². The summed E-state index contributed by atoms with van der Waals surface area (Å²) in [4.78, 5) is 19.1. The predicted molar refractivity (Wildman–Crippen MR) is 122 cm³/mol. The molecule has 0 amide bonds. The topological polar surface area (TPSA) is 115 Å². The molecule has 10 nitrogen and oxygen atoms in total. The van der Waals surface area contributed by atoms with Crippen LogP contribution in [0.2, 0.25) is 0 Å². The van der Waals surface area contributed by atoms with E-state index in [2.05, 4.69) is 37.0 Å². The van der Waals surface area contributed by atoms with Crippen molar-refractivity contribution in [2.24, 2.45) is 7.05 Å². The van der Waals surface area contributed by atoms with E-state index in [0.717, 1.165) is 48.3 Å². The van der Waals surface area contributed by atoms with Crippen LogP contribution >= 0.6 is 0 Å². The zero-order valence-electron chi connectivity index (χ0n) is 19.5. The number of carbonyl (C=O) groups is 1. The van der Waals surface area contributed by atoms with Crippen LogP contribution < -0.4 is 5.32 Å². The molecule has 0 aliphatic carbocycles. The number of nitriles is 1. The minimum absolute atomic E-state index is 0.165. The Morgan fingerprint density at radius 2 is 2.06 bits per heavy atom. The number of aromatic nitrogens is 6.